The highest BCUT2D eigenvalue weighted by Gasteiger charge is 2.06. The normalized spacial score (nSPS) is 11.6. The van der Waals surface area contributed by atoms with Crippen LogP contribution in [-0.4, -0.2) is 18.7 Å². The Morgan fingerprint density at radius 1 is 1.21 bits per heavy atom. The fourth-order valence-electron chi connectivity index (χ4n) is 0.942. The van der Waals surface area contributed by atoms with Gasteiger partial charge in [-0.05, 0) is 24.1 Å². The second-order valence-electron chi connectivity index (χ2n) is 2.78. The van der Waals surface area contributed by atoms with Gasteiger partial charge in [-0.1, -0.05) is 29.3 Å². The quantitative estimate of drug-likeness (QED) is 0.844. The number of rotatable bonds is 3. The summed E-state index contributed by atoms with van der Waals surface area (Å²) in [6.45, 7) is 0. The molecule has 0 radical (unpaired) electrons. The summed E-state index contributed by atoms with van der Waals surface area (Å²) in [7, 11) is -3.92. The smallest absolute Gasteiger partial charge is 0.265 e. The zero-order chi connectivity index (χ0) is 10.8. The van der Waals surface area contributed by atoms with Crippen molar-refractivity contribution in [3.05, 3.63) is 33.8 Å². The van der Waals surface area contributed by atoms with E-state index in [1.54, 1.807) is 18.2 Å². The van der Waals surface area contributed by atoms with Crippen molar-refractivity contribution in [2.24, 2.45) is 0 Å². The van der Waals surface area contributed by atoms with E-state index in [-0.39, 0.29) is 12.2 Å². The fraction of sp³-hybridized carbons (Fsp3) is 0.250. The van der Waals surface area contributed by atoms with Crippen LogP contribution in [0, 0.1) is 0 Å². The summed E-state index contributed by atoms with van der Waals surface area (Å²) >= 11 is 11.4. The van der Waals surface area contributed by atoms with Gasteiger partial charge in [0.1, 0.15) is 0 Å². The van der Waals surface area contributed by atoms with Gasteiger partial charge in [0.05, 0.1) is 15.8 Å². The highest BCUT2D eigenvalue weighted by Crippen LogP contribution is 2.22. The molecule has 0 fully saturated rings. The summed E-state index contributed by atoms with van der Waals surface area (Å²) < 4.78 is 29.4. The molecular formula is C8H8Cl2O3S. The SMILES string of the molecule is O=S(=O)(O)CCc1ccc(Cl)c(Cl)c1. The van der Waals surface area contributed by atoms with Crippen LogP contribution in [0.1, 0.15) is 5.56 Å². The van der Waals surface area contributed by atoms with Gasteiger partial charge in [-0.15, -0.1) is 0 Å². The Morgan fingerprint density at radius 2 is 1.86 bits per heavy atom. The molecule has 0 heterocycles. The topological polar surface area (TPSA) is 54.4 Å². The van der Waals surface area contributed by atoms with Crippen LogP contribution in [0.2, 0.25) is 10.0 Å². The largest absolute Gasteiger partial charge is 0.286 e. The lowest BCUT2D eigenvalue weighted by Crippen LogP contribution is -2.06. The van der Waals surface area contributed by atoms with Crippen molar-refractivity contribution in [3.63, 3.8) is 0 Å². The summed E-state index contributed by atoms with van der Waals surface area (Å²) in [5.41, 5.74) is 0.719. The predicted octanol–water partition coefficient (Wildman–Crippen LogP) is 2.42. The van der Waals surface area contributed by atoms with Crippen LogP contribution >= 0.6 is 23.2 Å². The van der Waals surface area contributed by atoms with E-state index in [1.165, 1.54) is 0 Å². The molecule has 0 bridgehead atoms. The molecule has 0 saturated heterocycles. The maximum Gasteiger partial charge on any atom is 0.265 e. The van der Waals surface area contributed by atoms with Crippen molar-refractivity contribution in [1.82, 2.24) is 0 Å². The number of aryl methyl sites for hydroxylation is 1. The first kappa shape index (κ1) is 11.8. The summed E-state index contributed by atoms with van der Waals surface area (Å²) in [6, 6.07) is 4.83. The van der Waals surface area contributed by atoms with Gasteiger partial charge in [0.2, 0.25) is 0 Å². The standard InChI is InChI=1S/C8H8Cl2O3S/c9-7-2-1-6(5-8(7)10)3-4-14(11,12)13/h1-2,5H,3-4H2,(H,11,12,13). The molecule has 0 aliphatic carbocycles. The van der Waals surface area contributed by atoms with Crippen molar-refractivity contribution >= 4 is 33.3 Å². The van der Waals surface area contributed by atoms with E-state index in [2.05, 4.69) is 0 Å². The zero-order valence-corrected chi connectivity index (χ0v) is 9.40. The van der Waals surface area contributed by atoms with Gasteiger partial charge in [-0.3, -0.25) is 4.55 Å². The molecule has 3 nitrogen and oxygen atoms in total. The molecule has 1 N–H and O–H groups in total. The number of hydrogen-bond acceptors (Lipinski definition) is 2. The maximum absolute atomic E-state index is 10.5. The summed E-state index contributed by atoms with van der Waals surface area (Å²) in [6.07, 6.45) is 0.218. The molecule has 0 amide bonds. The monoisotopic (exact) mass is 254 g/mol. The summed E-state index contributed by atoms with van der Waals surface area (Å²) in [4.78, 5) is 0. The van der Waals surface area contributed by atoms with Crippen LogP contribution in [0.5, 0.6) is 0 Å². The molecule has 1 aromatic carbocycles. The average Bonchev–Trinajstić information content (AvgIpc) is 2.06. The van der Waals surface area contributed by atoms with Crippen LogP contribution in [0.4, 0.5) is 0 Å². The average molecular weight is 255 g/mol. The minimum absolute atomic E-state index is 0.218. The van der Waals surface area contributed by atoms with Crippen LogP contribution in [0.25, 0.3) is 0 Å². The number of benzene rings is 1. The molecule has 78 valence electrons. The summed E-state index contributed by atoms with van der Waals surface area (Å²) in [5, 5.41) is 0.793. The molecular weight excluding hydrogens is 247 g/mol. The van der Waals surface area contributed by atoms with E-state index in [0.29, 0.717) is 10.0 Å². The Labute approximate surface area is 92.4 Å². The molecule has 0 unspecified atom stereocenters. The molecule has 6 heteroatoms. The highest BCUT2D eigenvalue weighted by atomic mass is 35.5. The lowest BCUT2D eigenvalue weighted by molar-refractivity contribution is 0.482. The van der Waals surface area contributed by atoms with E-state index in [0.717, 1.165) is 5.56 Å². The fourth-order valence-corrected chi connectivity index (χ4v) is 1.76. The van der Waals surface area contributed by atoms with Crippen LogP contribution < -0.4 is 0 Å². The molecule has 0 atom stereocenters. The molecule has 14 heavy (non-hydrogen) atoms. The van der Waals surface area contributed by atoms with E-state index in [9.17, 15) is 8.42 Å². The third-order valence-electron chi connectivity index (χ3n) is 1.63. The molecule has 0 aliphatic rings. The van der Waals surface area contributed by atoms with Gasteiger partial charge in [-0.2, -0.15) is 8.42 Å². The Hall–Kier alpha value is -0.290. The zero-order valence-electron chi connectivity index (χ0n) is 7.07. The van der Waals surface area contributed by atoms with Crippen molar-refractivity contribution in [1.29, 1.82) is 0 Å². The van der Waals surface area contributed by atoms with Gasteiger partial charge in [-0.25, -0.2) is 0 Å². The van der Waals surface area contributed by atoms with Gasteiger partial charge in [0.25, 0.3) is 10.1 Å². The Balaban J connectivity index is 2.74. The third kappa shape index (κ3) is 3.84. The first-order valence-corrected chi connectivity index (χ1v) is 6.14. The minimum atomic E-state index is -3.92. The maximum atomic E-state index is 10.5. The van der Waals surface area contributed by atoms with Gasteiger partial charge in [0, 0.05) is 0 Å². The van der Waals surface area contributed by atoms with Crippen molar-refractivity contribution in [3.8, 4) is 0 Å². The van der Waals surface area contributed by atoms with Crippen LogP contribution in [0.3, 0.4) is 0 Å². The van der Waals surface area contributed by atoms with E-state index >= 15 is 0 Å². The lowest BCUT2D eigenvalue weighted by Gasteiger charge is -2.01. The molecule has 0 aliphatic heterocycles. The van der Waals surface area contributed by atoms with Crippen LogP contribution in [0.15, 0.2) is 18.2 Å². The summed E-state index contributed by atoms with van der Waals surface area (Å²) in [5.74, 6) is -0.315. The second kappa shape index (κ2) is 4.49. The molecule has 1 aromatic rings. The first-order valence-electron chi connectivity index (χ1n) is 3.77. The lowest BCUT2D eigenvalue weighted by atomic mass is 10.2. The van der Waals surface area contributed by atoms with Gasteiger partial charge >= 0.3 is 0 Å². The third-order valence-corrected chi connectivity index (χ3v) is 3.09. The highest BCUT2D eigenvalue weighted by molar-refractivity contribution is 7.85. The van der Waals surface area contributed by atoms with Crippen LogP contribution in [-0.2, 0) is 16.5 Å². The van der Waals surface area contributed by atoms with E-state index in [1.807, 2.05) is 0 Å². The van der Waals surface area contributed by atoms with Crippen molar-refractivity contribution < 1.29 is 13.0 Å². The van der Waals surface area contributed by atoms with Gasteiger partial charge in [0.15, 0.2) is 0 Å². The number of hydrogen-bond donors (Lipinski definition) is 1. The van der Waals surface area contributed by atoms with Crippen molar-refractivity contribution in [2.45, 2.75) is 6.42 Å². The van der Waals surface area contributed by atoms with Crippen molar-refractivity contribution in [2.75, 3.05) is 5.75 Å². The minimum Gasteiger partial charge on any atom is -0.286 e. The first-order chi connectivity index (χ1) is 6.38. The molecule has 1 rings (SSSR count). The van der Waals surface area contributed by atoms with E-state index in [4.69, 9.17) is 27.8 Å². The Kier molecular flexibility index (Phi) is 3.78. The molecule has 0 spiro atoms. The predicted molar refractivity (Wildman–Crippen MR) is 56.6 cm³/mol. The second-order valence-corrected chi connectivity index (χ2v) is 5.17. The molecule has 0 saturated carbocycles. The van der Waals surface area contributed by atoms with E-state index < -0.39 is 10.1 Å². The number of halogens is 2. The Morgan fingerprint density at radius 3 is 2.36 bits per heavy atom. The van der Waals surface area contributed by atoms with Gasteiger partial charge < -0.3 is 0 Å². The Bertz CT molecular complexity index is 428. The molecule has 0 aromatic heterocycles.